The van der Waals surface area contributed by atoms with E-state index in [1.54, 1.807) is 6.07 Å². The van der Waals surface area contributed by atoms with Gasteiger partial charge in [0.1, 0.15) is 5.00 Å². The highest BCUT2D eigenvalue weighted by atomic mass is 32.2. The highest BCUT2D eigenvalue weighted by Gasteiger charge is 2.36. The third-order valence-corrected chi connectivity index (χ3v) is 10.1. The van der Waals surface area contributed by atoms with Gasteiger partial charge in [0.2, 0.25) is 0 Å². The Morgan fingerprint density at radius 1 is 1.16 bits per heavy atom. The van der Waals surface area contributed by atoms with Gasteiger partial charge < -0.3 is 10.6 Å². The lowest BCUT2D eigenvalue weighted by Crippen LogP contribution is -2.36. The molecule has 6 nitrogen and oxygen atoms in total. The van der Waals surface area contributed by atoms with E-state index in [0.717, 1.165) is 29.7 Å². The summed E-state index contributed by atoms with van der Waals surface area (Å²) >= 11 is 2.84. The molecule has 2 atom stereocenters. The molecule has 0 aromatic carbocycles. The van der Waals surface area contributed by atoms with Crippen LogP contribution in [0.25, 0.3) is 0 Å². The normalized spacial score (nSPS) is 22.7. The minimum absolute atomic E-state index is 0.0198. The van der Waals surface area contributed by atoms with Gasteiger partial charge in [-0.05, 0) is 54.0 Å². The van der Waals surface area contributed by atoms with Crippen molar-refractivity contribution in [3.8, 4) is 0 Å². The highest BCUT2D eigenvalue weighted by molar-refractivity contribution is 7.91. The predicted molar refractivity (Wildman–Crippen MR) is 126 cm³/mol. The van der Waals surface area contributed by atoms with Crippen molar-refractivity contribution in [2.45, 2.75) is 52.5 Å². The van der Waals surface area contributed by atoms with Crippen molar-refractivity contribution in [3.63, 3.8) is 0 Å². The number of thiophene rings is 2. The summed E-state index contributed by atoms with van der Waals surface area (Å²) in [5.74, 6) is 0.0901. The Morgan fingerprint density at radius 2 is 1.94 bits per heavy atom. The number of fused-ring (bicyclic) bond motifs is 1. The number of carbonyl (C=O) groups is 2. The van der Waals surface area contributed by atoms with Gasteiger partial charge in [0.05, 0.1) is 21.9 Å². The molecule has 3 heterocycles. The van der Waals surface area contributed by atoms with Crippen molar-refractivity contribution in [2.24, 2.45) is 11.3 Å². The number of carbonyl (C=O) groups excluding carboxylic acids is 2. The molecule has 1 fully saturated rings. The summed E-state index contributed by atoms with van der Waals surface area (Å²) in [5, 5.41) is 8.28. The van der Waals surface area contributed by atoms with E-state index in [4.69, 9.17) is 0 Å². The second kappa shape index (κ2) is 8.33. The average Bonchev–Trinajstić information content (AvgIpc) is 3.38. The van der Waals surface area contributed by atoms with E-state index in [0.29, 0.717) is 27.8 Å². The standard InChI is InChI=1S/C22H28N2O4S3/c1-22(2,3)13-6-7-15-17(11-13)30-21(24-19(25)16-5-4-9-29-16)18(15)20(26)23-14-8-10-31(27,28)12-14/h4-5,9,13-14H,6-8,10-12H2,1-3H3,(H,23,26)(H,24,25)/t13-,14-/m0/s1. The fraction of sp³-hybridized carbons (Fsp3) is 0.545. The molecule has 0 unspecified atom stereocenters. The lowest BCUT2D eigenvalue weighted by Gasteiger charge is -2.33. The molecular weight excluding hydrogens is 452 g/mol. The van der Waals surface area contributed by atoms with Crippen LogP contribution in [-0.2, 0) is 22.7 Å². The summed E-state index contributed by atoms with van der Waals surface area (Å²) in [6.45, 7) is 6.72. The summed E-state index contributed by atoms with van der Waals surface area (Å²) in [6.07, 6.45) is 3.10. The molecule has 2 aromatic rings. The zero-order chi connectivity index (χ0) is 22.4. The van der Waals surface area contributed by atoms with Crippen LogP contribution >= 0.6 is 22.7 Å². The third kappa shape index (κ3) is 4.88. The zero-order valence-corrected chi connectivity index (χ0v) is 20.4. The second-order valence-corrected chi connectivity index (χ2v) is 13.8. The van der Waals surface area contributed by atoms with Crippen molar-refractivity contribution >= 4 is 49.3 Å². The highest BCUT2D eigenvalue weighted by Crippen LogP contribution is 2.44. The van der Waals surface area contributed by atoms with E-state index >= 15 is 0 Å². The maximum atomic E-state index is 13.3. The van der Waals surface area contributed by atoms with Gasteiger partial charge in [-0.1, -0.05) is 26.8 Å². The molecule has 0 bridgehead atoms. The molecule has 2 N–H and O–H groups in total. The van der Waals surface area contributed by atoms with Crippen molar-refractivity contribution < 1.29 is 18.0 Å². The quantitative estimate of drug-likeness (QED) is 0.688. The lowest BCUT2D eigenvalue weighted by atomic mass is 9.72. The molecule has 0 saturated carbocycles. The Hall–Kier alpha value is -1.71. The molecule has 4 rings (SSSR count). The first-order chi connectivity index (χ1) is 14.5. The van der Waals surface area contributed by atoms with Crippen LogP contribution in [-0.4, -0.2) is 37.8 Å². The first kappa shape index (κ1) is 22.5. The average molecular weight is 481 g/mol. The van der Waals surface area contributed by atoms with Gasteiger partial charge >= 0.3 is 0 Å². The molecule has 2 aromatic heterocycles. The topological polar surface area (TPSA) is 92.3 Å². The first-order valence-corrected chi connectivity index (χ1v) is 14.1. The Morgan fingerprint density at radius 3 is 2.55 bits per heavy atom. The van der Waals surface area contributed by atoms with Crippen LogP contribution in [0.5, 0.6) is 0 Å². The second-order valence-electron chi connectivity index (χ2n) is 9.52. The minimum atomic E-state index is -3.09. The van der Waals surface area contributed by atoms with E-state index in [-0.39, 0.29) is 34.8 Å². The summed E-state index contributed by atoms with van der Waals surface area (Å²) in [6, 6.07) is 3.20. The zero-order valence-electron chi connectivity index (χ0n) is 18.0. The Bertz CT molecular complexity index is 1090. The fourth-order valence-corrected chi connectivity index (χ4v) is 8.00. The van der Waals surface area contributed by atoms with E-state index < -0.39 is 9.84 Å². The van der Waals surface area contributed by atoms with Crippen LogP contribution in [0, 0.1) is 11.3 Å². The number of sulfone groups is 1. The maximum absolute atomic E-state index is 13.3. The monoisotopic (exact) mass is 480 g/mol. The molecule has 0 radical (unpaired) electrons. The summed E-state index contributed by atoms with van der Waals surface area (Å²) in [4.78, 5) is 27.7. The molecule has 1 saturated heterocycles. The van der Waals surface area contributed by atoms with Crippen LogP contribution in [0.4, 0.5) is 5.00 Å². The number of nitrogens with one attached hydrogen (secondary N) is 2. The maximum Gasteiger partial charge on any atom is 0.266 e. The molecule has 1 aliphatic carbocycles. The Labute approximate surface area is 191 Å². The van der Waals surface area contributed by atoms with Gasteiger partial charge in [-0.2, -0.15) is 0 Å². The number of hydrogen-bond donors (Lipinski definition) is 2. The Balaban J connectivity index is 1.64. The van der Waals surface area contributed by atoms with Gasteiger partial charge in [-0.25, -0.2) is 8.42 Å². The molecule has 9 heteroatoms. The smallest absolute Gasteiger partial charge is 0.266 e. The summed E-state index contributed by atoms with van der Waals surface area (Å²) in [5.41, 5.74) is 1.69. The number of rotatable bonds is 4. The van der Waals surface area contributed by atoms with E-state index in [9.17, 15) is 18.0 Å². The van der Waals surface area contributed by atoms with E-state index in [1.165, 1.54) is 22.7 Å². The third-order valence-electron chi connectivity index (χ3n) is 6.26. The predicted octanol–water partition coefficient (Wildman–Crippen LogP) is 4.13. The summed E-state index contributed by atoms with van der Waals surface area (Å²) in [7, 11) is -3.09. The van der Waals surface area contributed by atoms with E-state index in [1.807, 2.05) is 11.4 Å². The number of amides is 2. The van der Waals surface area contributed by atoms with Crippen molar-refractivity contribution in [1.82, 2.24) is 5.32 Å². The van der Waals surface area contributed by atoms with Crippen LogP contribution < -0.4 is 10.6 Å². The molecule has 168 valence electrons. The van der Waals surface area contributed by atoms with E-state index in [2.05, 4.69) is 31.4 Å². The molecule has 31 heavy (non-hydrogen) atoms. The SMILES string of the molecule is CC(C)(C)[C@H]1CCc2c(sc(NC(=O)c3cccs3)c2C(=O)N[C@H]2CCS(=O)(=O)C2)C1. The lowest BCUT2D eigenvalue weighted by molar-refractivity contribution is 0.0941. The van der Waals surface area contributed by atoms with Crippen molar-refractivity contribution in [1.29, 1.82) is 0 Å². The summed E-state index contributed by atoms with van der Waals surface area (Å²) < 4.78 is 23.6. The van der Waals surface area contributed by atoms with Crippen molar-refractivity contribution in [3.05, 3.63) is 38.4 Å². The van der Waals surface area contributed by atoms with Gasteiger partial charge in [0.25, 0.3) is 11.8 Å². The molecule has 2 amide bonds. The molecule has 1 aliphatic heterocycles. The molecule has 2 aliphatic rings. The van der Waals surface area contributed by atoms with Crippen LogP contribution in [0.2, 0.25) is 0 Å². The van der Waals surface area contributed by atoms with Gasteiger partial charge in [-0.3, -0.25) is 9.59 Å². The molecular formula is C22H28N2O4S3. The van der Waals surface area contributed by atoms with Crippen LogP contribution in [0.15, 0.2) is 17.5 Å². The van der Waals surface area contributed by atoms with Crippen LogP contribution in [0.3, 0.4) is 0 Å². The van der Waals surface area contributed by atoms with Crippen LogP contribution in [0.1, 0.15) is 64.1 Å². The number of anilines is 1. The van der Waals surface area contributed by atoms with Crippen molar-refractivity contribution in [2.75, 3.05) is 16.8 Å². The van der Waals surface area contributed by atoms with Gasteiger partial charge in [-0.15, -0.1) is 22.7 Å². The fourth-order valence-electron chi connectivity index (χ4n) is 4.39. The van der Waals surface area contributed by atoms with Gasteiger partial charge in [0.15, 0.2) is 9.84 Å². The number of hydrogen-bond acceptors (Lipinski definition) is 6. The minimum Gasteiger partial charge on any atom is -0.348 e. The molecule has 0 spiro atoms. The first-order valence-electron chi connectivity index (χ1n) is 10.5. The largest absolute Gasteiger partial charge is 0.348 e. The van der Waals surface area contributed by atoms with Gasteiger partial charge in [0, 0.05) is 10.9 Å². The Kier molecular flexibility index (Phi) is 6.04.